The van der Waals surface area contributed by atoms with Crippen LogP contribution in [0.15, 0.2) is 0 Å². The van der Waals surface area contributed by atoms with Crippen LogP contribution in [0.1, 0.15) is 39.5 Å². The number of rotatable bonds is 4. The fraction of sp³-hybridized carbons (Fsp3) is 0.917. The van der Waals surface area contributed by atoms with Gasteiger partial charge < -0.3 is 10.4 Å². The van der Waals surface area contributed by atoms with Crippen molar-refractivity contribution < 1.29 is 23.1 Å². The van der Waals surface area contributed by atoms with Crippen LogP contribution in [0.3, 0.4) is 0 Å². The van der Waals surface area contributed by atoms with Crippen LogP contribution >= 0.6 is 0 Å². The van der Waals surface area contributed by atoms with E-state index in [1.807, 2.05) is 0 Å². The maximum absolute atomic E-state index is 12.5. The highest BCUT2D eigenvalue weighted by Gasteiger charge is 2.45. The fourth-order valence-electron chi connectivity index (χ4n) is 2.50. The largest absolute Gasteiger partial charge is 0.481 e. The van der Waals surface area contributed by atoms with Gasteiger partial charge in [-0.2, -0.15) is 13.2 Å². The molecule has 0 amide bonds. The van der Waals surface area contributed by atoms with Crippen LogP contribution in [0, 0.1) is 11.3 Å². The van der Waals surface area contributed by atoms with Crippen molar-refractivity contribution in [3.05, 3.63) is 0 Å². The summed E-state index contributed by atoms with van der Waals surface area (Å²) in [5.74, 6) is -4.13. The van der Waals surface area contributed by atoms with E-state index in [9.17, 15) is 18.0 Å². The van der Waals surface area contributed by atoms with Crippen molar-refractivity contribution in [2.45, 2.75) is 51.7 Å². The van der Waals surface area contributed by atoms with Crippen molar-refractivity contribution in [2.24, 2.45) is 11.3 Å². The van der Waals surface area contributed by atoms with E-state index in [0.29, 0.717) is 0 Å². The van der Waals surface area contributed by atoms with Crippen molar-refractivity contribution in [2.75, 3.05) is 6.54 Å². The molecule has 1 saturated carbocycles. The lowest BCUT2D eigenvalue weighted by atomic mass is 9.75. The second kappa shape index (κ2) is 5.47. The summed E-state index contributed by atoms with van der Waals surface area (Å²) < 4.78 is 37.4. The number of carbonyl (C=O) groups is 1. The molecule has 18 heavy (non-hydrogen) atoms. The molecular formula is C12H20F3NO2. The Labute approximate surface area is 105 Å². The topological polar surface area (TPSA) is 49.3 Å². The average molecular weight is 267 g/mol. The maximum Gasteiger partial charge on any atom is 0.403 e. The first-order chi connectivity index (χ1) is 8.12. The van der Waals surface area contributed by atoms with E-state index >= 15 is 0 Å². The number of alkyl halides is 3. The molecule has 1 aliphatic rings. The average Bonchev–Trinajstić information content (AvgIpc) is 2.13. The van der Waals surface area contributed by atoms with Crippen LogP contribution in [0.25, 0.3) is 0 Å². The van der Waals surface area contributed by atoms with E-state index in [4.69, 9.17) is 5.11 Å². The predicted octanol–water partition coefficient (Wildman–Crippen LogP) is 2.81. The Morgan fingerprint density at radius 2 is 2.11 bits per heavy atom. The highest BCUT2D eigenvalue weighted by molar-refractivity contribution is 5.71. The Balaban J connectivity index is 2.50. The van der Waals surface area contributed by atoms with Crippen LogP contribution in [-0.2, 0) is 4.79 Å². The summed E-state index contributed by atoms with van der Waals surface area (Å²) in [6.45, 7) is 3.62. The van der Waals surface area contributed by atoms with Crippen LogP contribution < -0.4 is 5.32 Å². The molecule has 0 heterocycles. The predicted molar refractivity (Wildman–Crippen MR) is 61.2 cm³/mol. The van der Waals surface area contributed by atoms with Gasteiger partial charge in [0.25, 0.3) is 0 Å². The summed E-state index contributed by atoms with van der Waals surface area (Å²) in [5.41, 5.74) is 0.118. The van der Waals surface area contributed by atoms with Crippen molar-refractivity contribution in [1.29, 1.82) is 0 Å². The maximum atomic E-state index is 12.5. The molecule has 0 saturated heterocycles. The zero-order chi connectivity index (χ0) is 14.0. The van der Waals surface area contributed by atoms with Gasteiger partial charge in [0.2, 0.25) is 0 Å². The fourth-order valence-corrected chi connectivity index (χ4v) is 2.50. The second-order valence-corrected chi connectivity index (χ2v) is 5.80. The summed E-state index contributed by atoms with van der Waals surface area (Å²) >= 11 is 0. The van der Waals surface area contributed by atoms with Gasteiger partial charge in [0, 0.05) is 12.6 Å². The highest BCUT2D eigenvalue weighted by atomic mass is 19.4. The van der Waals surface area contributed by atoms with Crippen LogP contribution in [0.5, 0.6) is 0 Å². The highest BCUT2D eigenvalue weighted by Crippen LogP contribution is 2.35. The number of hydrogen-bond donors (Lipinski definition) is 2. The van der Waals surface area contributed by atoms with E-state index in [-0.39, 0.29) is 11.5 Å². The molecule has 2 atom stereocenters. The molecular weight excluding hydrogens is 247 g/mol. The Bertz CT molecular complexity index is 302. The number of hydrogen-bond acceptors (Lipinski definition) is 2. The lowest BCUT2D eigenvalue weighted by Gasteiger charge is -2.36. The van der Waals surface area contributed by atoms with E-state index < -0.39 is 24.6 Å². The van der Waals surface area contributed by atoms with E-state index in [2.05, 4.69) is 19.2 Å². The standard InChI is InChI=1S/C12H20F3NO2/c1-11(2)5-3-4-8(6-11)16-7-9(10(17)18)12(13,14)15/h8-9,16H,3-7H2,1-2H3,(H,17,18). The first-order valence-corrected chi connectivity index (χ1v) is 6.15. The Kier molecular flexibility index (Phi) is 4.64. The minimum atomic E-state index is -4.69. The van der Waals surface area contributed by atoms with Gasteiger partial charge in [0.1, 0.15) is 0 Å². The summed E-state index contributed by atoms with van der Waals surface area (Å²) in [4.78, 5) is 10.6. The van der Waals surface area contributed by atoms with Gasteiger partial charge in [-0.3, -0.25) is 4.79 Å². The van der Waals surface area contributed by atoms with Gasteiger partial charge in [-0.15, -0.1) is 0 Å². The van der Waals surface area contributed by atoms with E-state index in [0.717, 1.165) is 25.7 Å². The minimum Gasteiger partial charge on any atom is -0.481 e. The lowest BCUT2D eigenvalue weighted by molar-refractivity contribution is -0.192. The summed E-state index contributed by atoms with van der Waals surface area (Å²) in [6, 6.07) is -0.0158. The lowest BCUT2D eigenvalue weighted by Crippen LogP contribution is -2.45. The molecule has 2 N–H and O–H groups in total. The number of carboxylic acids is 1. The molecule has 0 radical (unpaired) electrons. The molecule has 1 aliphatic carbocycles. The SMILES string of the molecule is CC1(C)CCCC(NCC(C(=O)O)C(F)(F)F)C1. The van der Waals surface area contributed by atoms with Gasteiger partial charge in [-0.05, 0) is 24.7 Å². The smallest absolute Gasteiger partial charge is 0.403 e. The molecule has 106 valence electrons. The number of nitrogens with one attached hydrogen (secondary N) is 1. The first-order valence-electron chi connectivity index (χ1n) is 6.15. The van der Waals surface area contributed by atoms with Crippen LogP contribution in [0.4, 0.5) is 13.2 Å². The first kappa shape index (κ1) is 15.3. The number of halogens is 3. The molecule has 0 spiro atoms. The van der Waals surface area contributed by atoms with E-state index in [1.165, 1.54) is 0 Å². The molecule has 1 rings (SSSR count). The van der Waals surface area contributed by atoms with Gasteiger partial charge >= 0.3 is 12.1 Å². The molecule has 6 heteroatoms. The summed E-state index contributed by atoms with van der Waals surface area (Å²) in [5, 5.41) is 11.3. The molecule has 3 nitrogen and oxygen atoms in total. The molecule has 2 unspecified atom stereocenters. The molecule has 0 aromatic rings. The van der Waals surface area contributed by atoms with Crippen LogP contribution in [-0.4, -0.2) is 29.8 Å². The zero-order valence-electron chi connectivity index (χ0n) is 10.7. The van der Waals surface area contributed by atoms with E-state index in [1.54, 1.807) is 0 Å². The van der Waals surface area contributed by atoms with Gasteiger partial charge in [-0.1, -0.05) is 20.3 Å². The molecule has 0 aliphatic heterocycles. The number of aliphatic carboxylic acids is 1. The normalized spacial score (nSPS) is 25.7. The third kappa shape index (κ3) is 4.48. The van der Waals surface area contributed by atoms with Gasteiger partial charge in [-0.25, -0.2) is 0 Å². The quantitative estimate of drug-likeness (QED) is 0.823. The van der Waals surface area contributed by atoms with Crippen molar-refractivity contribution in [3.63, 3.8) is 0 Å². The molecule has 0 aromatic heterocycles. The van der Waals surface area contributed by atoms with Crippen molar-refractivity contribution >= 4 is 5.97 Å². The van der Waals surface area contributed by atoms with Crippen molar-refractivity contribution in [1.82, 2.24) is 5.32 Å². The third-order valence-electron chi connectivity index (χ3n) is 3.51. The second-order valence-electron chi connectivity index (χ2n) is 5.80. The Morgan fingerprint density at radius 1 is 1.50 bits per heavy atom. The van der Waals surface area contributed by atoms with Gasteiger partial charge in [0.15, 0.2) is 5.92 Å². The zero-order valence-corrected chi connectivity index (χ0v) is 10.7. The minimum absolute atomic E-state index is 0.0158. The van der Waals surface area contributed by atoms with Crippen molar-refractivity contribution in [3.8, 4) is 0 Å². The van der Waals surface area contributed by atoms with Crippen LogP contribution in [0.2, 0.25) is 0 Å². The molecule has 0 bridgehead atoms. The summed E-state index contributed by atoms with van der Waals surface area (Å²) in [7, 11) is 0. The molecule has 1 fully saturated rings. The number of carboxylic acid groups (broad SMARTS) is 1. The monoisotopic (exact) mass is 267 g/mol. The Morgan fingerprint density at radius 3 is 2.56 bits per heavy atom. The molecule has 0 aromatic carbocycles. The summed E-state index contributed by atoms with van der Waals surface area (Å²) in [6.07, 6.45) is -1.06. The van der Waals surface area contributed by atoms with Gasteiger partial charge in [0.05, 0.1) is 0 Å². The Hall–Kier alpha value is -0.780. The third-order valence-corrected chi connectivity index (χ3v) is 3.51.